The number of halogens is 1. The Kier molecular flexibility index (Phi) is 2.71. The average molecular weight is 301 g/mol. The maximum absolute atomic E-state index is 4.73. The van der Waals surface area contributed by atoms with E-state index in [9.17, 15) is 0 Å². The van der Waals surface area contributed by atoms with Gasteiger partial charge in [0.1, 0.15) is 5.65 Å². The highest BCUT2D eigenvalue weighted by Gasteiger charge is 2.12. The lowest BCUT2D eigenvalue weighted by atomic mass is 10.1. The molecule has 0 aliphatic heterocycles. The van der Waals surface area contributed by atoms with E-state index in [1.165, 1.54) is 16.8 Å². The van der Waals surface area contributed by atoms with Crippen LogP contribution in [0, 0.1) is 13.8 Å². The molecule has 0 amide bonds. The number of aromatic nitrogens is 2. The number of rotatable bonds is 1. The molecule has 0 spiro atoms. The smallest absolute Gasteiger partial charge is 0.137 e. The minimum atomic E-state index is 0.990. The zero-order valence-corrected chi connectivity index (χ0v) is 11.9. The zero-order valence-electron chi connectivity index (χ0n) is 10.3. The van der Waals surface area contributed by atoms with Gasteiger partial charge in [-0.15, -0.1) is 0 Å². The molecule has 1 aromatic carbocycles. The second-order valence-electron chi connectivity index (χ2n) is 4.43. The second-order valence-corrected chi connectivity index (χ2v) is 5.35. The molecule has 90 valence electrons. The first kappa shape index (κ1) is 11.5. The van der Waals surface area contributed by atoms with Gasteiger partial charge in [0.05, 0.1) is 5.69 Å². The summed E-state index contributed by atoms with van der Waals surface area (Å²) in [5.74, 6) is 0. The molecule has 0 unspecified atom stereocenters. The SMILES string of the molecule is Cc1ccc(Br)cc1-c1nc2ccccn2c1C. The number of benzene rings is 1. The number of imidazole rings is 1. The van der Waals surface area contributed by atoms with Gasteiger partial charge in [0.2, 0.25) is 0 Å². The average Bonchev–Trinajstić information content (AvgIpc) is 2.71. The van der Waals surface area contributed by atoms with Crippen LogP contribution in [0.5, 0.6) is 0 Å². The lowest BCUT2D eigenvalue weighted by Gasteiger charge is -2.04. The Morgan fingerprint density at radius 3 is 2.72 bits per heavy atom. The van der Waals surface area contributed by atoms with Crippen molar-refractivity contribution in [3.8, 4) is 11.3 Å². The lowest BCUT2D eigenvalue weighted by molar-refractivity contribution is 1.11. The predicted octanol–water partition coefficient (Wildman–Crippen LogP) is 4.38. The molecule has 0 aliphatic rings. The molecule has 0 saturated carbocycles. The summed E-state index contributed by atoms with van der Waals surface area (Å²) in [7, 11) is 0. The highest BCUT2D eigenvalue weighted by Crippen LogP contribution is 2.29. The molecule has 18 heavy (non-hydrogen) atoms. The molecule has 0 aliphatic carbocycles. The third kappa shape index (κ3) is 1.75. The predicted molar refractivity (Wildman–Crippen MR) is 77.8 cm³/mol. The fourth-order valence-corrected chi connectivity index (χ4v) is 2.58. The Morgan fingerprint density at radius 1 is 1.11 bits per heavy atom. The first-order valence-corrected chi connectivity index (χ1v) is 6.66. The highest BCUT2D eigenvalue weighted by molar-refractivity contribution is 9.10. The van der Waals surface area contributed by atoms with Crippen LogP contribution in [0.3, 0.4) is 0 Å². The summed E-state index contributed by atoms with van der Waals surface area (Å²) < 4.78 is 3.20. The van der Waals surface area contributed by atoms with Gasteiger partial charge in [-0.2, -0.15) is 0 Å². The van der Waals surface area contributed by atoms with Gasteiger partial charge in [0.25, 0.3) is 0 Å². The van der Waals surface area contributed by atoms with Crippen molar-refractivity contribution in [1.82, 2.24) is 9.38 Å². The number of hydrogen-bond donors (Lipinski definition) is 0. The van der Waals surface area contributed by atoms with Crippen LogP contribution >= 0.6 is 15.9 Å². The van der Waals surface area contributed by atoms with E-state index in [0.29, 0.717) is 0 Å². The van der Waals surface area contributed by atoms with Crippen LogP contribution < -0.4 is 0 Å². The minimum Gasteiger partial charge on any atom is -0.304 e. The van der Waals surface area contributed by atoms with Crippen LogP contribution in [-0.2, 0) is 0 Å². The molecule has 0 saturated heterocycles. The van der Waals surface area contributed by atoms with E-state index in [-0.39, 0.29) is 0 Å². The van der Waals surface area contributed by atoms with Crippen molar-refractivity contribution in [3.63, 3.8) is 0 Å². The van der Waals surface area contributed by atoms with Gasteiger partial charge in [0, 0.05) is 21.9 Å². The largest absolute Gasteiger partial charge is 0.304 e. The molecular weight excluding hydrogens is 288 g/mol. The van der Waals surface area contributed by atoms with Gasteiger partial charge in [-0.25, -0.2) is 4.98 Å². The maximum Gasteiger partial charge on any atom is 0.137 e. The third-order valence-corrected chi connectivity index (χ3v) is 3.72. The molecule has 2 nitrogen and oxygen atoms in total. The van der Waals surface area contributed by atoms with Gasteiger partial charge < -0.3 is 4.40 Å². The summed E-state index contributed by atoms with van der Waals surface area (Å²) in [6, 6.07) is 12.4. The Balaban J connectivity index is 2.31. The van der Waals surface area contributed by atoms with E-state index in [1.807, 2.05) is 18.2 Å². The fourth-order valence-electron chi connectivity index (χ4n) is 2.22. The molecule has 0 radical (unpaired) electrons. The molecule has 0 fully saturated rings. The molecule has 3 aromatic rings. The van der Waals surface area contributed by atoms with Crippen LogP contribution in [0.1, 0.15) is 11.3 Å². The Bertz CT molecular complexity index is 728. The van der Waals surface area contributed by atoms with Crippen molar-refractivity contribution in [2.45, 2.75) is 13.8 Å². The van der Waals surface area contributed by atoms with Crippen LogP contribution in [0.15, 0.2) is 47.1 Å². The zero-order chi connectivity index (χ0) is 12.7. The molecule has 0 N–H and O–H groups in total. The highest BCUT2D eigenvalue weighted by atomic mass is 79.9. The summed E-state index contributed by atoms with van der Waals surface area (Å²) in [5, 5.41) is 0. The van der Waals surface area contributed by atoms with Crippen molar-refractivity contribution in [2.24, 2.45) is 0 Å². The lowest BCUT2D eigenvalue weighted by Crippen LogP contribution is -1.88. The summed E-state index contributed by atoms with van der Waals surface area (Å²) in [5.41, 5.74) is 5.64. The fraction of sp³-hybridized carbons (Fsp3) is 0.133. The van der Waals surface area contributed by atoms with Gasteiger partial charge >= 0.3 is 0 Å². The molecular formula is C15H13BrN2. The number of fused-ring (bicyclic) bond motifs is 1. The number of pyridine rings is 1. The van der Waals surface area contributed by atoms with Gasteiger partial charge in [-0.3, -0.25) is 0 Å². The van der Waals surface area contributed by atoms with Gasteiger partial charge in [0.15, 0.2) is 0 Å². The second kappa shape index (κ2) is 4.25. The van der Waals surface area contributed by atoms with Crippen molar-refractivity contribution < 1.29 is 0 Å². The van der Waals surface area contributed by atoms with Gasteiger partial charge in [-0.1, -0.05) is 28.1 Å². The van der Waals surface area contributed by atoms with E-state index in [1.54, 1.807) is 0 Å². The first-order valence-electron chi connectivity index (χ1n) is 5.87. The summed E-state index contributed by atoms with van der Waals surface area (Å²) in [6.07, 6.45) is 2.05. The Morgan fingerprint density at radius 2 is 1.94 bits per heavy atom. The van der Waals surface area contributed by atoms with E-state index in [4.69, 9.17) is 4.98 Å². The van der Waals surface area contributed by atoms with Crippen LogP contribution in [0.4, 0.5) is 0 Å². The normalized spacial score (nSPS) is 11.1. The quantitative estimate of drug-likeness (QED) is 0.652. The molecule has 3 heteroatoms. The van der Waals surface area contributed by atoms with E-state index < -0.39 is 0 Å². The monoisotopic (exact) mass is 300 g/mol. The van der Waals surface area contributed by atoms with E-state index in [2.05, 4.69) is 58.6 Å². The molecule has 2 aromatic heterocycles. The van der Waals surface area contributed by atoms with Crippen molar-refractivity contribution >= 4 is 21.6 Å². The number of nitrogens with zero attached hydrogens (tertiary/aromatic N) is 2. The van der Waals surface area contributed by atoms with Crippen LogP contribution in [0.25, 0.3) is 16.9 Å². The number of aryl methyl sites for hydroxylation is 2. The molecule has 3 rings (SSSR count). The molecule has 0 atom stereocenters. The first-order chi connectivity index (χ1) is 8.66. The van der Waals surface area contributed by atoms with E-state index >= 15 is 0 Å². The third-order valence-electron chi connectivity index (χ3n) is 3.22. The van der Waals surface area contributed by atoms with Crippen LogP contribution in [-0.4, -0.2) is 9.38 Å². The topological polar surface area (TPSA) is 17.3 Å². The van der Waals surface area contributed by atoms with Gasteiger partial charge in [-0.05, 0) is 43.7 Å². The van der Waals surface area contributed by atoms with E-state index in [0.717, 1.165) is 15.8 Å². The maximum atomic E-state index is 4.73. The Labute approximate surface area is 114 Å². The molecule has 2 heterocycles. The number of hydrogen-bond acceptors (Lipinski definition) is 1. The summed E-state index contributed by atoms with van der Waals surface area (Å²) in [4.78, 5) is 4.73. The minimum absolute atomic E-state index is 0.990. The van der Waals surface area contributed by atoms with Crippen molar-refractivity contribution in [1.29, 1.82) is 0 Å². The Hall–Kier alpha value is -1.61. The molecule has 0 bridgehead atoms. The van der Waals surface area contributed by atoms with Crippen molar-refractivity contribution in [2.75, 3.05) is 0 Å². The summed E-state index contributed by atoms with van der Waals surface area (Å²) >= 11 is 3.53. The van der Waals surface area contributed by atoms with Crippen LogP contribution in [0.2, 0.25) is 0 Å². The van der Waals surface area contributed by atoms with Crippen molar-refractivity contribution in [3.05, 3.63) is 58.3 Å². The standard InChI is InChI=1S/C15H13BrN2/c1-10-6-7-12(16)9-13(10)15-11(2)18-8-4-3-5-14(18)17-15/h3-9H,1-2H3. The summed E-state index contributed by atoms with van der Waals surface area (Å²) in [6.45, 7) is 4.22.